The molecule has 3 aromatic heterocycles. The number of rotatable bonds is 15. The zero-order chi connectivity index (χ0) is 30.9. The number of ether oxygens (including phenoxy) is 3. The lowest BCUT2D eigenvalue weighted by molar-refractivity contribution is -0.111. The van der Waals surface area contributed by atoms with E-state index in [1.165, 1.54) is 6.08 Å². The third-order valence-corrected chi connectivity index (χ3v) is 8.50. The second kappa shape index (κ2) is 14.3. The van der Waals surface area contributed by atoms with Gasteiger partial charge in [0.25, 0.3) is 0 Å². The van der Waals surface area contributed by atoms with Gasteiger partial charge in [0.2, 0.25) is 11.8 Å². The first-order valence-corrected chi connectivity index (χ1v) is 18.3. The fraction of sp³-hybridized carbons (Fsp3) is 0.273. The summed E-state index contributed by atoms with van der Waals surface area (Å²) in [7, 11) is -1.22. The number of carbonyl (C=O) groups excluding carboxylic acids is 1. The van der Waals surface area contributed by atoms with E-state index in [-0.39, 0.29) is 5.91 Å². The molecule has 0 aliphatic heterocycles. The largest absolute Gasteiger partial charge is 0.437 e. The first-order chi connectivity index (χ1) is 21.3. The summed E-state index contributed by atoms with van der Waals surface area (Å²) in [4.78, 5) is 21.3. The Morgan fingerprint density at radius 3 is 2.66 bits per heavy atom. The summed E-state index contributed by atoms with van der Waals surface area (Å²) >= 11 is 0. The number of aromatic nitrogens is 5. The predicted molar refractivity (Wildman–Crippen MR) is 174 cm³/mol. The van der Waals surface area contributed by atoms with Crippen molar-refractivity contribution in [3.63, 3.8) is 0 Å². The smallest absolute Gasteiger partial charge is 0.247 e. The van der Waals surface area contributed by atoms with Crippen molar-refractivity contribution in [2.75, 3.05) is 18.5 Å². The van der Waals surface area contributed by atoms with Gasteiger partial charge in [-0.05, 0) is 29.8 Å². The number of fused-ring (bicyclic) bond motifs is 1. The van der Waals surface area contributed by atoms with Crippen LogP contribution in [0.1, 0.15) is 5.56 Å². The minimum atomic E-state index is -1.22. The molecule has 0 radical (unpaired) electrons. The number of nitrogens with zero attached hydrogens (tertiary/aromatic N) is 5. The van der Waals surface area contributed by atoms with E-state index in [9.17, 15) is 4.79 Å². The van der Waals surface area contributed by atoms with E-state index >= 15 is 0 Å². The molecule has 5 rings (SSSR count). The average molecular weight is 611 g/mol. The number of hydrogen-bond acceptors (Lipinski definition) is 7. The number of hydrogen-bond donors (Lipinski definition) is 1. The summed E-state index contributed by atoms with van der Waals surface area (Å²) in [5.74, 6) is 0.536. The number of benzene rings is 2. The average Bonchev–Trinajstić information content (AvgIpc) is 3.62. The Morgan fingerprint density at radius 2 is 1.86 bits per heavy atom. The lowest BCUT2D eigenvalue weighted by atomic mass is 10.2. The number of amides is 1. The molecule has 11 heteroatoms. The molecular formula is C33H38N6O4Si. The van der Waals surface area contributed by atoms with Gasteiger partial charge in [-0.15, -0.1) is 0 Å². The zero-order valence-corrected chi connectivity index (χ0v) is 26.4. The molecule has 1 N–H and O–H groups in total. The summed E-state index contributed by atoms with van der Waals surface area (Å²) in [6, 6.07) is 18.3. The minimum Gasteiger partial charge on any atom is -0.437 e. The lowest BCUT2D eigenvalue weighted by Gasteiger charge is -2.15. The molecule has 0 spiro atoms. The molecule has 0 atom stereocenters. The fourth-order valence-electron chi connectivity index (χ4n) is 4.43. The Kier molecular flexibility index (Phi) is 10.0. The molecule has 10 nitrogen and oxygen atoms in total. The highest BCUT2D eigenvalue weighted by molar-refractivity contribution is 6.76. The van der Waals surface area contributed by atoms with Gasteiger partial charge in [-0.3, -0.25) is 9.48 Å². The van der Waals surface area contributed by atoms with Crippen LogP contribution < -0.4 is 10.1 Å². The van der Waals surface area contributed by atoms with Crippen molar-refractivity contribution in [1.82, 2.24) is 24.3 Å². The van der Waals surface area contributed by atoms with Crippen LogP contribution in [0.5, 0.6) is 11.6 Å². The quantitative estimate of drug-likeness (QED) is 0.0795. The Balaban J connectivity index is 1.35. The van der Waals surface area contributed by atoms with E-state index in [0.29, 0.717) is 61.6 Å². The number of nitrogens with one attached hydrogen (secondary N) is 1. The van der Waals surface area contributed by atoms with Crippen LogP contribution in [0, 0.1) is 0 Å². The zero-order valence-electron chi connectivity index (χ0n) is 25.4. The van der Waals surface area contributed by atoms with Gasteiger partial charge in [-0.2, -0.15) is 5.10 Å². The van der Waals surface area contributed by atoms with Crippen LogP contribution >= 0.6 is 0 Å². The van der Waals surface area contributed by atoms with Crippen molar-refractivity contribution < 1.29 is 19.0 Å². The van der Waals surface area contributed by atoms with Crippen molar-refractivity contribution in [2.45, 2.75) is 45.6 Å². The second-order valence-electron chi connectivity index (χ2n) is 11.6. The molecule has 3 heterocycles. The second-order valence-corrected chi connectivity index (χ2v) is 17.2. The molecule has 0 saturated carbocycles. The molecule has 228 valence electrons. The van der Waals surface area contributed by atoms with Crippen LogP contribution in [-0.2, 0) is 34.2 Å². The number of anilines is 1. The van der Waals surface area contributed by atoms with E-state index in [0.717, 1.165) is 22.7 Å². The van der Waals surface area contributed by atoms with Crippen LogP contribution in [0.3, 0.4) is 0 Å². The molecule has 0 bridgehead atoms. The van der Waals surface area contributed by atoms with Gasteiger partial charge in [0, 0.05) is 50.0 Å². The van der Waals surface area contributed by atoms with Crippen molar-refractivity contribution in [2.24, 2.45) is 0 Å². The van der Waals surface area contributed by atoms with E-state index in [2.05, 4.69) is 36.6 Å². The van der Waals surface area contributed by atoms with Crippen molar-refractivity contribution >= 4 is 30.8 Å². The standard InChI is InChI=1S/C33H38N6O4Si/c1-5-30(40)36-27-12-9-13-28(18-27)43-31-20-34-33-32(37-31)29(22-38(33)24-42-16-17-44(2,3)4)26-19-35-39(21-26)14-15-41-23-25-10-7-6-8-11-25/h5-13,18-22H,1,14-17,23-24H2,2-4H3,(H,36,40). The fourth-order valence-corrected chi connectivity index (χ4v) is 5.19. The molecule has 5 aromatic rings. The van der Waals surface area contributed by atoms with E-state index in [4.69, 9.17) is 24.2 Å². The van der Waals surface area contributed by atoms with Crippen LogP contribution in [0.25, 0.3) is 22.3 Å². The van der Waals surface area contributed by atoms with Gasteiger partial charge in [0.1, 0.15) is 18.0 Å². The highest BCUT2D eigenvalue weighted by atomic mass is 28.3. The Bertz CT molecular complexity index is 1710. The van der Waals surface area contributed by atoms with Crippen molar-refractivity contribution in [3.05, 3.63) is 97.6 Å². The Morgan fingerprint density at radius 1 is 1.02 bits per heavy atom. The summed E-state index contributed by atoms with van der Waals surface area (Å²) in [6.45, 7) is 13.3. The van der Waals surface area contributed by atoms with Gasteiger partial charge < -0.3 is 24.1 Å². The van der Waals surface area contributed by atoms with E-state index in [1.54, 1.807) is 30.5 Å². The van der Waals surface area contributed by atoms with Crippen molar-refractivity contribution in [1.29, 1.82) is 0 Å². The molecule has 0 aliphatic rings. The summed E-state index contributed by atoms with van der Waals surface area (Å²) in [5.41, 5.74) is 4.86. The highest BCUT2D eigenvalue weighted by Crippen LogP contribution is 2.31. The summed E-state index contributed by atoms with van der Waals surface area (Å²) in [6.07, 6.45) is 8.62. The van der Waals surface area contributed by atoms with Gasteiger partial charge in [0.15, 0.2) is 5.65 Å². The normalized spacial score (nSPS) is 11.5. The molecule has 0 unspecified atom stereocenters. The van der Waals surface area contributed by atoms with Crippen LogP contribution in [0.2, 0.25) is 25.7 Å². The predicted octanol–water partition coefficient (Wildman–Crippen LogP) is 6.74. The van der Waals surface area contributed by atoms with Gasteiger partial charge in [0.05, 0.1) is 32.2 Å². The van der Waals surface area contributed by atoms with E-state index in [1.807, 2.05) is 58.2 Å². The monoisotopic (exact) mass is 610 g/mol. The number of carbonyl (C=O) groups is 1. The first kappa shape index (κ1) is 30.9. The van der Waals surface area contributed by atoms with Gasteiger partial charge in [-0.1, -0.05) is 62.6 Å². The lowest BCUT2D eigenvalue weighted by Crippen LogP contribution is -2.22. The van der Waals surface area contributed by atoms with Gasteiger partial charge >= 0.3 is 0 Å². The van der Waals surface area contributed by atoms with Crippen LogP contribution in [0.4, 0.5) is 5.69 Å². The topological polar surface area (TPSA) is 105 Å². The maximum atomic E-state index is 11.7. The first-order valence-electron chi connectivity index (χ1n) is 14.6. The Hall–Kier alpha value is -4.58. The van der Waals surface area contributed by atoms with Gasteiger partial charge in [-0.25, -0.2) is 9.97 Å². The maximum Gasteiger partial charge on any atom is 0.247 e. The van der Waals surface area contributed by atoms with Crippen LogP contribution in [-0.4, -0.2) is 51.5 Å². The highest BCUT2D eigenvalue weighted by Gasteiger charge is 2.17. The summed E-state index contributed by atoms with van der Waals surface area (Å²) in [5, 5.41) is 7.30. The van der Waals surface area contributed by atoms with Crippen molar-refractivity contribution in [3.8, 4) is 22.8 Å². The molecule has 0 aliphatic carbocycles. The molecule has 0 saturated heterocycles. The molecule has 1 amide bonds. The van der Waals surface area contributed by atoms with Crippen LogP contribution in [0.15, 0.2) is 92.0 Å². The third kappa shape index (κ3) is 8.50. The maximum absolute atomic E-state index is 11.7. The molecule has 2 aromatic carbocycles. The molecule has 0 fully saturated rings. The summed E-state index contributed by atoms with van der Waals surface area (Å²) < 4.78 is 21.8. The SMILES string of the molecule is C=CC(=O)Nc1cccc(Oc2cnc3c(n2)c(-c2cnn(CCOCc4ccccc4)c2)cn3COCC[Si](C)(C)C)c1. The molecular weight excluding hydrogens is 572 g/mol. The molecule has 44 heavy (non-hydrogen) atoms. The minimum absolute atomic E-state index is 0.301. The Labute approximate surface area is 258 Å². The third-order valence-electron chi connectivity index (χ3n) is 6.80. The van der Waals surface area contributed by atoms with E-state index < -0.39 is 8.07 Å².